The number of rotatable bonds is 5. The first kappa shape index (κ1) is 14.9. The lowest BCUT2D eigenvalue weighted by Crippen LogP contribution is -1.95. The van der Waals surface area contributed by atoms with Crippen molar-refractivity contribution >= 4 is 22.6 Å². The van der Waals surface area contributed by atoms with Crippen LogP contribution in [0.2, 0.25) is 0 Å². The molecular formula is C17H14INO3. The van der Waals surface area contributed by atoms with Gasteiger partial charge in [0.25, 0.3) is 0 Å². The molecule has 1 heterocycles. The molecular weight excluding hydrogens is 393 g/mol. The quantitative estimate of drug-likeness (QED) is 0.583. The lowest BCUT2D eigenvalue weighted by atomic mass is 10.1. The van der Waals surface area contributed by atoms with Gasteiger partial charge in [-0.1, -0.05) is 17.3 Å². The molecule has 0 atom stereocenters. The molecule has 0 unspecified atom stereocenters. The van der Waals surface area contributed by atoms with Gasteiger partial charge < -0.3 is 14.0 Å². The molecule has 3 rings (SSSR count). The molecule has 0 radical (unpaired) electrons. The number of hydrogen-bond acceptors (Lipinski definition) is 4. The Balaban J connectivity index is 1.69. The highest BCUT2D eigenvalue weighted by atomic mass is 127. The van der Waals surface area contributed by atoms with E-state index in [0.29, 0.717) is 12.4 Å². The van der Waals surface area contributed by atoms with Crippen molar-refractivity contribution in [3.05, 3.63) is 63.9 Å². The van der Waals surface area contributed by atoms with E-state index in [9.17, 15) is 0 Å². The molecule has 2 aromatic carbocycles. The van der Waals surface area contributed by atoms with Crippen LogP contribution in [0.3, 0.4) is 0 Å². The van der Waals surface area contributed by atoms with Gasteiger partial charge in [-0.2, -0.15) is 0 Å². The number of para-hydroxylation sites is 1. The van der Waals surface area contributed by atoms with Gasteiger partial charge >= 0.3 is 0 Å². The van der Waals surface area contributed by atoms with Crippen LogP contribution in [0, 0.1) is 3.57 Å². The van der Waals surface area contributed by atoms with Crippen molar-refractivity contribution in [3.8, 4) is 22.8 Å². The van der Waals surface area contributed by atoms with E-state index in [4.69, 9.17) is 14.0 Å². The van der Waals surface area contributed by atoms with E-state index in [1.165, 1.54) is 0 Å². The Labute approximate surface area is 142 Å². The van der Waals surface area contributed by atoms with Gasteiger partial charge in [0, 0.05) is 11.6 Å². The van der Waals surface area contributed by atoms with E-state index in [1.807, 2.05) is 54.6 Å². The number of halogens is 1. The molecule has 0 fully saturated rings. The van der Waals surface area contributed by atoms with Crippen molar-refractivity contribution in [1.29, 1.82) is 0 Å². The fraction of sp³-hybridized carbons (Fsp3) is 0.118. The average molecular weight is 407 g/mol. The van der Waals surface area contributed by atoms with Gasteiger partial charge in [-0.3, -0.25) is 0 Å². The van der Waals surface area contributed by atoms with Crippen molar-refractivity contribution in [3.63, 3.8) is 0 Å². The number of hydrogen-bond donors (Lipinski definition) is 0. The van der Waals surface area contributed by atoms with E-state index >= 15 is 0 Å². The third kappa shape index (κ3) is 3.41. The van der Waals surface area contributed by atoms with Gasteiger partial charge in [-0.05, 0) is 59.0 Å². The maximum Gasteiger partial charge on any atom is 0.174 e. The van der Waals surface area contributed by atoms with Crippen molar-refractivity contribution in [1.82, 2.24) is 5.16 Å². The summed E-state index contributed by atoms with van der Waals surface area (Å²) in [4.78, 5) is 0. The molecule has 0 N–H and O–H groups in total. The monoisotopic (exact) mass is 407 g/mol. The molecule has 0 aliphatic heterocycles. The zero-order chi connectivity index (χ0) is 15.4. The Hall–Kier alpha value is -2.02. The fourth-order valence-electron chi connectivity index (χ4n) is 1.99. The second-order valence-corrected chi connectivity index (χ2v) is 5.79. The first-order valence-electron chi connectivity index (χ1n) is 6.73. The molecule has 0 bridgehead atoms. The average Bonchev–Trinajstić information content (AvgIpc) is 3.03. The Bertz CT molecular complexity index is 753. The Kier molecular flexibility index (Phi) is 4.62. The molecule has 0 saturated heterocycles. The fourth-order valence-corrected chi connectivity index (χ4v) is 2.53. The summed E-state index contributed by atoms with van der Waals surface area (Å²) in [5.74, 6) is 2.34. The Morgan fingerprint density at radius 1 is 1.09 bits per heavy atom. The van der Waals surface area contributed by atoms with E-state index in [2.05, 4.69) is 27.7 Å². The van der Waals surface area contributed by atoms with Crippen molar-refractivity contribution in [2.45, 2.75) is 6.61 Å². The summed E-state index contributed by atoms with van der Waals surface area (Å²) < 4.78 is 17.3. The molecule has 0 aliphatic rings. The molecule has 0 amide bonds. The summed E-state index contributed by atoms with van der Waals surface area (Å²) in [5.41, 5.74) is 1.76. The number of ether oxygens (including phenoxy) is 2. The topological polar surface area (TPSA) is 44.5 Å². The maximum atomic E-state index is 5.75. The normalized spacial score (nSPS) is 10.5. The molecule has 4 nitrogen and oxygen atoms in total. The van der Waals surface area contributed by atoms with Crippen LogP contribution in [0.1, 0.15) is 5.76 Å². The zero-order valence-electron chi connectivity index (χ0n) is 12.0. The third-order valence-corrected chi connectivity index (χ3v) is 4.04. The van der Waals surface area contributed by atoms with Crippen LogP contribution in [0.4, 0.5) is 0 Å². The van der Waals surface area contributed by atoms with Crippen LogP contribution in [-0.2, 0) is 6.61 Å². The second kappa shape index (κ2) is 6.83. The van der Waals surface area contributed by atoms with Crippen LogP contribution in [-0.4, -0.2) is 12.3 Å². The minimum absolute atomic E-state index is 0.350. The standard InChI is InChI=1S/C17H14INO3/c1-20-13-8-6-12(7-9-13)16-10-14(22-19-16)11-21-17-5-3-2-4-15(17)18/h2-10H,11H2,1H3. The van der Waals surface area contributed by atoms with Gasteiger partial charge in [0.1, 0.15) is 23.8 Å². The SMILES string of the molecule is COc1ccc(-c2cc(COc3ccccc3I)on2)cc1. The van der Waals surface area contributed by atoms with Crippen molar-refractivity contribution < 1.29 is 14.0 Å². The summed E-state index contributed by atoms with van der Waals surface area (Å²) in [5, 5.41) is 4.08. The number of benzene rings is 2. The number of methoxy groups -OCH3 is 1. The maximum absolute atomic E-state index is 5.75. The highest BCUT2D eigenvalue weighted by Gasteiger charge is 2.08. The smallest absolute Gasteiger partial charge is 0.174 e. The van der Waals surface area contributed by atoms with Crippen molar-refractivity contribution in [2.75, 3.05) is 7.11 Å². The van der Waals surface area contributed by atoms with E-state index < -0.39 is 0 Å². The van der Waals surface area contributed by atoms with Gasteiger partial charge in [0.2, 0.25) is 0 Å². The minimum atomic E-state index is 0.350. The van der Waals surface area contributed by atoms with Crippen LogP contribution in [0.5, 0.6) is 11.5 Å². The second-order valence-electron chi connectivity index (χ2n) is 4.63. The molecule has 0 spiro atoms. The summed E-state index contributed by atoms with van der Waals surface area (Å²) in [7, 11) is 1.64. The van der Waals surface area contributed by atoms with Gasteiger partial charge in [-0.25, -0.2) is 0 Å². The zero-order valence-corrected chi connectivity index (χ0v) is 14.1. The third-order valence-electron chi connectivity index (χ3n) is 3.15. The van der Waals surface area contributed by atoms with Crippen LogP contribution in [0.25, 0.3) is 11.3 Å². The van der Waals surface area contributed by atoms with Crippen LogP contribution >= 0.6 is 22.6 Å². The number of aromatic nitrogens is 1. The molecule has 1 aromatic heterocycles. The Morgan fingerprint density at radius 2 is 1.86 bits per heavy atom. The molecule has 0 aliphatic carbocycles. The van der Waals surface area contributed by atoms with E-state index in [0.717, 1.165) is 26.3 Å². The first-order chi connectivity index (χ1) is 10.8. The molecule has 22 heavy (non-hydrogen) atoms. The first-order valence-corrected chi connectivity index (χ1v) is 7.81. The highest BCUT2D eigenvalue weighted by molar-refractivity contribution is 14.1. The number of nitrogens with zero attached hydrogens (tertiary/aromatic N) is 1. The van der Waals surface area contributed by atoms with E-state index in [1.54, 1.807) is 7.11 Å². The largest absolute Gasteiger partial charge is 0.497 e. The summed E-state index contributed by atoms with van der Waals surface area (Å²) in [6, 6.07) is 17.4. The predicted octanol–water partition coefficient (Wildman–Crippen LogP) is 4.53. The van der Waals surface area contributed by atoms with Gasteiger partial charge in [-0.15, -0.1) is 0 Å². The van der Waals surface area contributed by atoms with Crippen LogP contribution < -0.4 is 9.47 Å². The predicted molar refractivity (Wildman–Crippen MR) is 92.0 cm³/mol. The summed E-state index contributed by atoms with van der Waals surface area (Å²) in [6.07, 6.45) is 0. The summed E-state index contributed by atoms with van der Waals surface area (Å²) in [6.45, 7) is 0.350. The minimum Gasteiger partial charge on any atom is -0.497 e. The van der Waals surface area contributed by atoms with Gasteiger partial charge in [0.05, 0.1) is 10.7 Å². The van der Waals surface area contributed by atoms with Crippen molar-refractivity contribution in [2.24, 2.45) is 0 Å². The molecule has 5 heteroatoms. The lowest BCUT2D eigenvalue weighted by Gasteiger charge is -2.04. The molecule has 3 aromatic rings. The van der Waals surface area contributed by atoms with Gasteiger partial charge in [0.15, 0.2) is 5.76 Å². The Morgan fingerprint density at radius 3 is 2.59 bits per heavy atom. The van der Waals surface area contributed by atoms with Crippen LogP contribution in [0.15, 0.2) is 59.1 Å². The lowest BCUT2D eigenvalue weighted by molar-refractivity contribution is 0.248. The van der Waals surface area contributed by atoms with E-state index in [-0.39, 0.29) is 0 Å². The molecule has 112 valence electrons. The summed E-state index contributed by atoms with van der Waals surface area (Å²) >= 11 is 2.24. The molecule has 0 saturated carbocycles. The highest BCUT2D eigenvalue weighted by Crippen LogP contribution is 2.24.